The van der Waals surface area contributed by atoms with Gasteiger partial charge in [0.25, 0.3) is 5.91 Å². The average Bonchev–Trinajstić information content (AvgIpc) is 2.89. The highest BCUT2D eigenvalue weighted by Gasteiger charge is 2.41. The Labute approximate surface area is 143 Å². The maximum atomic E-state index is 12.6. The molecule has 3 amide bonds. The van der Waals surface area contributed by atoms with Gasteiger partial charge in [-0.15, -0.1) is 0 Å². The van der Waals surface area contributed by atoms with Crippen LogP contribution in [0.1, 0.15) is 34.8 Å². The van der Waals surface area contributed by atoms with Gasteiger partial charge in [0.15, 0.2) is 5.82 Å². The number of amides is 3. The van der Waals surface area contributed by atoms with Crippen molar-refractivity contribution in [3.05, 3.63) is 47.9 Å². The second-order valence-corrected chi connectivity index (χ2v) is 6.13. The van der Waals surface area contributed by atoms with Crippen molar-refractivity contribution in [2.24, 2.45) is 0 Å². The molecule has 1 aromatic heterocycles. The molecule has 2 aliphatic heterocycles. The van der Waals surface area contributed by atoms with Crippen LogP contribution in [-0.2, 0) is 0 Å². The quantitative estimate of drug-likeness (QED) is 0.773. The fourth-order valence-corrected chi connectivity index (χ4v) is 3.47. The van der Waals surface area contributed by atoms with E-state index in [1.165, 1.54) is 18.6 Å². The van der Waals surface area contributed by atoms with E-state index in [1.807, 2.05) is 0 Å². The first kappa shape index (κ1) is 15.5. The zero-order chi connectivity index (χ0) is 17.4. The van der Waals surface area contributed by atoms with E-state index in [0.717, 1.165) is 5.56 Å². The molecule has 3 heterocycles. The summed E-state index contributed by atoms with van der Waals surface area (Å²) in [5.74, 6) is 0.281. The number of fused-ring (bicyclic) bond motifs is 3. The van der Waals surface area contributed by atoms with Gasteiger partial charge < -0.3 is 15.3 Å². The summed E-state index contributed by atoms with van der Waals surface area (Å²) in [7, 11) is 0. The van der Waals surface area contributed by atoms with E-state index < -0.39 is 12.1 Å². The third kappa shape index (κ3) is 2.80. The number of rotatable bonds is 2. The molecule has 2 aromatic rings. The van der Waals surface area contributed by atoms with Crippen molar-refractivity contribution in [2.45, 2.75) is 25.0 Å². The van der Waals surface area contributed by atoms with Crippen LogP contribution in [0.4, 0.5) is 16.3 Å². The average molecular weight is 339 g/mol. The molecular weight excluding hydrogens is 322 g/mol. The predicted molar refractivity (Wildman–Crippen MR) is 90.1 cm³/mol. The van der Waals surface area contributed by atoms with E-state index >= 15 is 0 Å². The Kier molecular flexibility index (Phi) is 3.81. The van der Waals surface area contributed by atoms with Crippen LogP contribution in [0.3, 0.4) is 0 Å². The second-order valence-electron chi connectivity index (χ2n) is 6.13. The summed E-state index contributed by atoms with van der Waals surface area (Å²) in [5.41, 5.74) is 1.91. The highest BCUT2D eigenvalue weighted by atomic mass is 16.3. The number of benzene rings is 1. The fourth-order valence-electron chi connectivity index (χ4n) is 3.47. The molecule has 0 bridgehead atoms. The van der Waals surface area contributed by atoms with Gasteiger partial charge in [0.05, 0.1) is 18.3 Å². The molecule has 1 unspecified atom stereocenters. The summed E-state index contributed by atoms with van der Waals surface area (Å²) in [6, 6.07) is 4.58. The molecule has 0 spiro atoms. The lowest BCUT2D eigenvalue weighted by Crippen LogP contribution is -2.37. The van der Waals surface area contributed by atoms with Crippen LogP contribution in [0, 0.1) is 0 Å². The normalized spacial score (nSPS) is 21.5. The van der Waals surface area contributed by atoms with Crippen molar-refractivity contribution in [2.75, 3.05) is 17.2 Å². The van der Waals surface area contributed by atoms with Crippen molar-refractivity contribution in [3.8, 4) is 0 Å². The molecule has 1 fully saturated rings. The summed E-state index contributed by atoms with van der Waals surface area (Å²) in [6.45, 7) is 0.518. The molecule has 8 nitrogen and oxygen atoms in total. The Bertz CT molecular complexity index is 826. The first-order valence-electron chi connectivity index (χ1n) is 8.09. The predicted octanol–water partition coefficient (Wildman–Crippen LogP) is 1.77. The van der Waals surface area contributed by atoms with Gasteiger partial charge in [0.1, 0.15) is 0 Å². The minimum absolute atomic E-state index is 0.0510. The van der Waals surface area contributed by atoms with Crippen molar-refractivity contribution < 1.29 is 14.7 Å². The largest absolute Gasteiger partial charge is 0.393 e. The topological polar surface area (TPSA) is 107 Å². The SMILES string of the molecule is O=C(Nc1cnccn1)Nc1cccc2c1C1C[C@@H](O)CCN1C2=O. The summed E-state index contributed by atoms with van der Waals surface area (Å²) in [4.78, 5) is 34.5. The van der Waals surface area contributed by atoms with Gasteiger partial charge in [0.2, 0.25) is 0 Å². The third-order valence-corrected chi connectivity index (χ3v) is 4.56. The molecule has 25 heavy (non-hydrogen) atoms. The number of anilines is 2. The number of carbonyl (C=O) groups excluding carboxylic acids is 2. The number of nitrogens with one attached hydrogen (secondary N) is 2. The molecule has 4 rings (SSSR count). The first-order chi connectivity index (χ1) is 12.1. The number of urea groups is 1. The highest BCUT2D eigenvalue weighted by Crippen LogP contribution is 2.43. The van der Waals surface area contributed by atoms with Crippen LogP contribution in [0.25, 0.3) is 0 Å². The smallest absolute Gasteiger partial charge is 0.324 e. The molecule has 128 valence electrons. The number of piperidine rings is 1. The molecule has 1 saturated heterocycles. The van der Waals surface area contributed by atoms with Crippen molar-refractivity contribution in [3.63, 3.8) is 0 Å². The molecule has 3 N–H and O–H groups in total. The molecule has 0 radical (unpaired) electrons. The van der Waals surface area contributed by atoms with Gasteiger partial charge in [-0.25, -0.2) is 9.78 Å². The summed E-state index contributed by atoms with van der Waals surface area (Å²) >= 11 is 0. The number of hydrogen-bond donors (Lipinski definition) is 3. The molecule has 0 aliphatic carbocycles. The van der Waals surface area contributed by atoms with Crippen LogP contribution in [0.15, 0.2) is 36.8 Å². The van der Waals surface area contributed by atoms with E-state index in [2.05, 4.69) is 20.6 Å². The van der Waals surface area contributed by atoms with Gasteiger partial charge in [-0.1, -0.05) is 6.07 Å². The van der Waals surface area contributed by atoms with Crippen molar-refractivity contribution in [1.29, 1.82) is 0 Å². The van der Waals surface area contributed by atoms with Gasteiger partial charge in [-0.3, -0.25) is 15.1 Å². The zero-order valence-corrected chi connectivity index (χ0v) is 13.3. The summed E-state index contributed by atoms with van der Waals surface area (Å²) in [5, 5.41) is 15.4. The maximum absolute atomic E-state index is 12.6. The minimum atomic E-state index is -0.462. The van der Waals surface area contributed by atoms with E-state index in [4.69, 9.17) is 0 Å². The summed E-state index contributed by atoms with van der Waals surface area (Å²) in [6.07, 6.45) is 5.05. The Hall–Kier alpha value is -3.00. The van der Waals surface area contributed by atoms with Gasteiger partial charge in [-0.2, -0.15) is 0 Å². The van der Waals surface area contributed by atoms with Gasteiger partial charge in [-0.05, 0) is 25.0 Å². The molecule has 1 aromatic carbocycles. The molecular formula is C17H17N5O3. The molecule has 2 atom stereocenters. The number of aromatic nitrogens is 2. The van der Waals surface area contributed by atoms with Crippen LogP contribution in [0.5, 0.6) is 0 Å². The maximum Gasteiger partial charge on any atom is 0.324 e. The van der Waals surface area contributed by atoms with E-state index in [-0.39, 0.29) is 11.9 Å². The first-order valence-corrected chi connectivity index (χ1v) is 8.09. The van der Waals surface area contributed by atoms with Gasteiger partial charge in [0, 0.05) is 35.8 Å². The third-order valence-electron chi connectivity index (χ3n) is 4.56. The van der Waals surface area contributed by atoms with Crippen molar-refractivity contribution >= 4 is 23.4 Å². The van der Waals surface area contributed by atoms with Crippen LogP contribution >= 0.6 is 0 Å². The van der Waals surface area contributed by atoms with Crippen LogP contribution < -0.4 is 10.6 Å². The van der Waals surface area contributed by atoms with Crippen LogP contribution in [0.2, 0.25) is 0 Å². The molecule has 2 aliphatic rings. The Morgan fingerprint density at radius 2 is 2.16 bits per heavy atom. The second kappa shape index (κ2) is 6.14. The van der Waals surface area contributed by atoms with E-state index in [0.29, 0.717) is 36.5 Å². The zero-order valence-electron chi connectivity index (χ0n) is 13.3. The number of nitrogens with zero attached hydrogens (tertiary/aromatic N) is 3. The molecule has 0 saturated carbocycles. The number of carbonyl (C=O) groups is 2. The van der Waals surface area contributed by atoms with Crippen molar-refractivity contribution in [1.82, 2.24) is 14.9 Å². The van der Waals surface area contributed by atoms with Gasteiger partial charge >= 0.3 is 6.03 Å². The van der Waals surface area contributed by atoms with E-state index in [9.17, 15) is 14.7 Å². The fraction of sp³-hybridized carbons (Fsp3) is 0.294. The minimum Gasteiger partial charge on any atom is -0.393 e. The number of aliphatic hydroxyl groups is 1. The molecule has 8 heteroatoms. The lowest BCUT2D eigenvalue weighted by molar-refractivity contribution is 0.0391. The lowest BCUT2D eigenvalue weighted by Gasteiger charge is -2.33. The lowest BCUT2D eigenvalue weighted by atomic mass is 9.94. The number of hydrogen-bond acceptors (Lipinski definition) is 5. The Morgan fingerprint density at radius 3 is 2.96 bits per heavy atom. The Morgan fingerprint density at radius 1 is 1.28 bits per heavy atom. The number of aliphatic hydroxyl groups excluding tert-OH is 1. The van der Waals surface area contributed by atoms with Crippen LogP contribution in [-0.4, -0.2) is 44.6 Å². The van der Waals surface area contributed by atoms with E-state index in [1.54, 1.807) is 23.1 Å². The Balaban J connectivity index is 1.60. The standard InChI is InChI=1S/C17H17N5O3/c23-10-4-7-22-13(8-10)15-11(16(22)24)2-1-3-12(15)20-17(25)21-14-9-18-5-6-19-14/h1-3,5-6,9-10,13,23H,4,7-8H2,(H2,19,20,21,25)/t10-,13?/m0/s1. The summed E-state index contributed by atoms with van der Waals surface area (Å²) < 4.78 is 0. The monoisotopic (exact) mass is 339 g/mol. The highest BCUT2D eigenvalue weighted by molar-refractivity contribution is 6.04.